The molecular weight excluding hydrogens is 839 g/mol. The van der Waals surface area contributed by atoms with Crippen LogP contribution in [0, 0.1) is 0 Å². The van der Waals surface area contributed by atoms with Crippen molar-refractivity contribution in [1.29, 1.82) is 0 Å². The van der Waals surface area contributed by atoms with Crippen molar-refractivity contribution in [2.75, 3.05) is 0 Å². The highest BCUT2D eigenvalue weighted by molar-refractivity contribution is 6.06. The molecule has 12 aromatic rings. The van der Waals surface area contributed by atoms with Crippen LogP contribution in [0.2, 0.25) is 0 Å². The van der Waals surface area contributed by atoms with Gasteiger partial charge in [-0.2, -0.15) is 0 Å². The molecule has 4 heteroatoms. The lowest BCUT2D eigenvalue weighted by atomic mass is 9.52. The van der Waals surface area contributed by atoms with Crippen molar-refractivity contribution in [1.82, 2.24) is 15.0 Å². The number of hydrogen-bond donors (Lipinski definition) is 0. The van der Waals surface area contributed by atoms with Crippen LogP contribution >= 0.6 is 0 Å². The molecule has 0 bridgehead atoms. The first-order valence-electron chi connectivity index (χ1n) is 23.7. The number of benzene rings is 10. The molecule has 0 radical (unpaired) electrons. The molecule has 0 aliphatic heterocycles. The van der Waals surface area contributed by atoms with Gasteiger partial charge < -0.3 is 4.42 Å². The molecule has 0 amide bonds. The molecular formula is C65H39N3O. The summed E-state index contributed by atoms with van der Waals surface area (Å²) in [4.78, 5) is 15.2. The van der Waals surface area contributed by atoms with Crippen molar-refractivity contribution >= 4 is 21.9 Å². The summed E-state index contributed by atoms with van der Waals surface area (Å²) in [7, 11) is 0. The normalized spacial score (nSPS) is 14.0. The van der Waals surface area contributed by atoms with Gasteiger partial charge in [-0.3, -0.25) is 0 Å². The fourth-order valence-electron chi connectivity index (χ4n) is 12.5. The zero-order chi connectivity index (χ0) is 45.3. The summed E-state index contributed by atoms with van der Waals surface area (Å²) >= 11 is 0. The minimum Gasteiger partial charge on any atom is -0.456 e. The summed E-state index contributed by atoms with van der Waals surface area (Å²) in [5.41, 5.74) is 21.5. The maximum absolute atomic E-state index is 6.28. The Kier molecular flexibility index (Phi) is 7.88. The van der Waals surface area contributed by atoms with Gasteiger partial charge >= 0.3 is 0 Å². The SMILES string of the molecule is c1ccc(-c2nc(-c3ccc(-c4ccc5c(c4)-c4ccccc4C54c5ccccc5C5(c6ccccc6-c6ccccc65)c5ccccc54)cc3)nc(-c3ccc4c(c3)oc3ccccc34)n2)cc1. The number of furan rings is 1. The first-order chi connectivity index (χ1) is 34.2. The van der Waals surface area contributed by atoms with Crippen LogP contribution in [0.3, 0.4) is 0 Å². The minimum atomic E-state index is -0.527. The fourth-order valence-corrected chi connectivity index (χ4v) is 12.5. The molecule has 0 N–H and O–H groups in total. The average molecular weight is 878 g/mol. The maximum Gasteiger partial charge on any atom is 0.164 e. The van der Waals surface area contributed by atoms with Gasteiger partial charge in [-0.15, -0.1) is 0 Å². The van der Waals surface area contributed by atoms with Gasteiger partial charge in [-0.25, -0.2) is 15.0 Å². The quantitative estimate of drug-likeness (QED) is 0.177. The predicted octanol–water partition coefficient (Wildman–Crippen LogP) is 15.5. The van der Waals surface area contributed by atoms with Crippen molar-refractivity contribution in [3.05, 3.63) is 281 Å². The molecule has 2 spiro atoms. The van der Waals surface area contributed by atoms with Crippen molar-refractivity contribution in [2.24, 2.45) is 0 Å². The molecule has 10 aromatic carbocycles. The summed E-state index contributed by atoms with van der Waals surface area (Å²) < 4.78 is 6.28. The maximum atomic E-state index is 6.28. The summed E-state index contributed by atoms with van der Waals surface area (Å²) in [6, 6.07) is 86.1. The summed E-state index contributed by atoms with van der Waals surface area (Å²) in [5, 5.41) is 2.16. The van der Waals surface area contributed by atoms with E-state index in [0.29, 0.717) is 17.5 Å². The van der Waals surface area contributed by atoms with E-state index in [2.05, 4.69) is 182 Å². The number of aromatic nitrogens is 3. The van der Waals surface area contributed by atoms with E-state index in [9.17, 15) is 0 Å². The van der Waals surface area contributed by atoms with E-state index >= 15 is 0 Å². The lowest BCUT2D eigenvalue weighted by Crippen LogP contribution is -2.43. The third-order valence-corrected chi connectivity index (χ3v) is 15.2. The monoisotopic (exact) mass is 877 g/mol. The molecule has 0 atom stereocenters. The Balaban J connectivity index is 0.867. The van der Waals surface area contributed by atoms with Crippen LogP contribution in [0.4, 0.5) is 0 Å². The van der Waals surface area contributed by atoms with E-state index in [1.54, 1.807) is 0 Å². The average Bonchev–Trinajstić information content (AvgIpc) is 4.05. The van der Waals surface area contributed by atoms with E-state index < -0.39 is 10.8 Å². The zero-order valence-corrected chi connectivity index (χ0v) is 37.3. The Bertz CT molecular complexity index is 4000. The molecule has 3 aliphatic rings. The fraction of sp³-hybridized carbons (Fsp3) is 0.0308. The van der Waals surface area contributed by atoms with Gasteiger partial charge in [0, 0.05) is 27.5 Å². The van der Waals surface area contributed by atoms with Gasteiger partial charge in [0.15, 0.2) is 17.5 Å². The van der Waals surface area contributed by atoms with Gasteiger partial charge in [0.1, 0.15) is 11.2 Å². The standard InChI is InChI=1S/C65H39N3O/c1-2-16-41(17-3-1)61-66-62(68-63(67-61)44-34-36-49-48-21-7-15-29-59(48)69-60(49)39-44)42-32-30-40(31-33-42)43-35-37-54-50(38-43)47-20-6-10-24-53(47)65(54)57-27-13-11-25-55(57)64(56-26-12-14-28-58(56)65)51-22-8-4-18-45(51)46-19-5-9-23-52(46)64/h1-39H. The number of rotatable bonds is 4. The predicted molar refractivity (Wildman–Crippen MR) is 277 cm³/mol. The molecule has 3 aliphatic carbocycles. The Morgan fingerprint density at radius 2 is 0.638 bits per heavy atom. The largest absolute Gasteiger partial charge is 0.456 e. The van der Waals surface area contributed by atoms with Crippen LogP contribution in [0.1, 0.15) is 44.5 Å². The Hall–Kier alpha value is -8.99. The van der Waals surface area contributed by atoms with Crippen molar-refractivity contribution in [3.63, 3.8) is 0 Å². The van der Waals surface area contributed by atoms with Crippen LogP contribution in [-0.4, -0.2) is 15.0 Å². The number of para-hydroxylation sites is 1. The molecule has 0 saturated carbocycles. The molecule has 2 aromatic heterocycles. The second-order valence-corrected chi connectivity index (χ2v) is 18.5. The van der Waals surface area contributed by atoms with Crippen LogP contribution in [-0.2, 0) is 10.8 Å². The summed E-state index contributed by atoms with van der Waals surface area (Å²) in [6.45, 7) is 0. The van der Waals surface area contributed by atoms with Crippen molar-refractivity contribution < 1.29 is 4.42 Å². The van der Waals surface area contributed by atoms with Crippen molar-refractivity contribution in [2.45, 2.75) is 10.8 Å². The molecule has 69 heavy (non-hydrogen) atoms. The van der Waals surface area contributed by atoms with Crippen LogP contribution in [0.25, 0.3) is 89.5 Å². The first kappa shape index (κ1) is 38.1. The summed E-state index contributed by atoms with van der Waals surface area (Å²) in [6.07, 6.45) is 0. The highest BCUT2D eigenvalue weighted by Gasteiger charge is 2.58. The zero-order valence-electron chi connectivity index (χ0n) is 37.3. The van der Waals surface area contributed by atoms with Gasteiger partial charge in [0.2, 0.25) is 0 Å². The Morgan fingerprint density at radius 3 is 1.22 bits per heavy atom. The third-order valence-electron chi connectivity index (χ3n) is 15.2. The van der Waals surface area contributed by atoms with E-state index in [1.165, 1.54) is 66.8 Å². The van der Waals surface area contributed by atoms with Gasteiger partial charge in [-0.05, 0) is 102 Å². The lowest BCUT2D eigenvalue weighted by Gasteiger charge is -2.48. The topological polar surface area (TPSA) is 51.8 Å². The van der Waals surface area contributed by atoms with Gasteiger partial charge in [-0.1, -0.05) is 212 Å². The van der Waals surface area contributed by atoms with Crippen LogP contribution < -0.4 is 0 Å². The first-order valence-corrected chi connectivity index (χ1v) is 23.7. The molecule has 0 unspecified atom stereocenters. The molecule has 0 saturated heterocycles. The van der Waals surface area contributed by atoms with Crippen molar-refractivity contribution in [3.8, 4) is 67.5 Å². The number of nitrogens with zero attached hydrogens (tertiary/aromatic N) is 3. The molecule has 15 rings (SSSR count). The molecule has 0 fully saturated rings. The smallest absolute Gasteiger partial charge is 0.164 e. The highest BCUT2D eigenvalue weighted by atomic mass is 16.3. The third kappa shape index (κ3) is 5.15. The van der Waals surface area contributed by atoms with E-state index in [1.807, 2.05) is 54.6 Å². The highest BCUT2D eigenvalue weighted by Crippen LogP contribution is 2.67. The number of fused-ring (bicyclic) bond motifs is 19. The van der Waals surface area contributed by atoms with Crippen LogP contribution in [0.5, 0.6) is 0 Å². The minimum absolute atomic E-state index is 0.464. The van der Waals surface area contributed by atoms with E-state index in [-0.39, 0.29) is 0 Å². The summed E-state index contributed by atoms with van der Waals surface area (Å²) in [5.74, 6) is 1.82. The molecule has 2 heterocycles. The van der Waals surface area contributed by atoms with Crippen LogP contribution in [0.15, 0.2) is 241 Å². The Labute approximate surface area is 398 Å². The lowest BCUT2D eigenvalue weighted by molar-refractivity contribution is 0.633. The molecule has 4 nitrogen and oxygen atoms in total. The second-order valence-electron chi connectivity index (χ2n) is 18.5. The van der Waals surface area contributed by atoms with Gasteiger partial charge in [0.25, 0.3) is 0 Å². The second kappa shape index (κ2) is 14.3. The van der Waals surface area contributed by atoms with Gasteiger partial charge in [0.05, 0.1) is 10.8 Å². The van der Waals surface area contributed by atoms with E-state index in [4.69, 9.17) is 19.4 Å². The number of hydrogen-bond acceptors (Lipinski definition) is 4. The molecule has 320 valence electrons. The Morgan fingerprint density at radius 1 is 0.246 bits per heavy atom. The van der Waals surface area contributed by atoms with E-state index in [0.717, 1.165) is 49.8 Å².